The second kappa shape index (κ2) is 10.3. The van der Waals surface area contributed by atoms with Crippen molar-refractivity contribution >= 4 is 29.2 Å². The molecule has 1 atom stereocenters. The molecule has 0 amide bonds. The summed E-state index contributed by atoms with van der Waals surface area (Å²) in [7, 11) is 1.77. The summed E-state index contributed by atoms with van der Waals surface area (Å²) in [5, 5.41) is 3.52. The molecule has 1 aliphatic heterocycles. The van der Waals surface area contributed by atoms with Crippen molar-refractivity contribution in [3.63, 3.8) is 0 Å². The Morgan fingerprint density at radius 1 is 1.30 bits per heavy atom. The number of hydrogen-bond donors (Lipinski definition) is 2. The molecular weight excluding hydrogens is 465 g/mol. The van der Waals surface area contributed by atoms with Gasteiger partial charge in [-0.1, -0.05) is 18.2 Å². The Kier molecular flexibility index (Phi) is 7.69. The lowest BCUT2D eigenvalue weighted by Crippen LogP contribution is -2.34. The van der Waals surface area contributed by atoms with Crippen LogP contribution in [0.5, 0.6) is 5.75 Å². The van der Waals surface area contributed by atoms with Gasteiger partial charge in [-0.25, -0.2) is 8.78 Å². The van der Waals surface area contributed by atoms with Crippen LogP contribution in [0.1, 0.15) is 17.5 Å². The molecule has 0 unspecified atom stereocenters. The molecular formula is C21H22F5N5OS. The SMILES string of the molecule is CN(Cc1ccccc1OC(F)(F)F)[C@H]1CCN(c2cc(F)c(/C=N/NC(N)=S)cc2F)C1. The van der Waals surface area contributed by atoms with Gasteiger partial charge in [0.2, 0.25) is 0 Å². The van der Waals surface area contributed by atoms with Crippen molar-refractivity contribution in [3.8, 4) is 5.75 Å². The summed E-state index contributed by atoms with van der Waals surface area (Å²) in [4.78, 5) is 3.57. The topological polar surface area (TPSA) is 66.1 Å². The third-order valence-electron chi connectivity index (χ3n) is 5.19. The molecule has 0 radical (unpaired) electrons. The van der Waals surface area contributed by atoms with E-state index in [1.165, 1.54) is 12.1 Å². The third-order valence-corrected chi connectivity index (χ3v) is 5.28. The molecule has 3 N–H and O–H groups in total. The zero-order chi connectivity index (χ0) is 24.2. The highest BCUT2D eigenvalue weighted by molar-refractivity contribution is 7.80. The first-order chi connectivity index (χ1) is 15.5. The van der Waals surface area contributed by atoms with Gasteiger partial charge in [0.1, 0.15) is 17.4 Å². The maximum atomic E-state index is 14.7. The van der Waals surface area contributed by atoms with E-state index in [0.29, 0.717) is 25.1 Å². The normalized spacial score (nSPS) is 16.6. The highest BCUT2D eigenvalue weighted by Crippen LogP contribution is 2.30. The Hall–Kier alpha value is -2.99. The molecule has 0 bridgehead atoms. The number of hydrogen-bond acceptors (Lipinski definition) is 5. The Morgan fingerprint density at radius 3 is 2.73 bits per heavy atom. The molecule has 1 aliphatic rings. The first-order valence-corrected chi connectivity index (χ1v) is 10.3. The summed E-state index contributed by atoms with van der Waals surface area (Å²) >= 11 is 4.58. The molecule has 2 aromatic rings. The van der Waals surface area contributed by atoms with Crippen molar-refractivity contribution in [1.29, 1.82) is 0 Å². The molecule has 12 heteroatoms. The number of halogens is 5. The fourth-order valence-electron chi connectivity index (χ4n) is 3.64. The van der Waals surface area contributed by atoms with Crippen molar-refractivity contribution in [2.45, 2.75) is 25.4 Å². The van der Waals surface area contributed by atoms with Crippen LogP contribution in [0, 0.1) is 11.6 Å². The zero-order valence-corrected chi connectivity index (χ0v) is 18.4. The van der Waals surface area contributed by atoms with E-state index in [9.17, 15) is 22.0 Å². The minimum atomic E-state index is -4.79. The number of nitrogens with one attached hydrogen (secondary N) is 1. The first-order valence-electron chi connectivity index (χ1n) is 9.90. The van der Waals surface area contributed by atoms with Gasteiger partial charge in [0, 0.05) is 42.9 Å². The van der Waals surface area contributed by atoms with Gasteiger partial charge >= 0.3 is 6.36 Å². The summed E-state index contributed by atoms with van der Waals surface area (Å²) in [6, 6.07) is 7.95. The average Bonchev–Trinajstić information content (AvgIpc) is 3.20. The number of alkyl halides is 3. The molecule has 6 nitrogen and oxygen atoms in total. The molecule has 1 fully saturated rings. The standard InChI is InChI=1S/C21H22F5N5OS/c1-30(11-13-4-2-3-5-19(13)32-21(24,25)26)15-6-7-31(12-15)18-9-16(22)14(8-17(18)23)10-28-29-20(27)33/h2-5,8-10,15H,6-7,11-12H2,1H3,(H3,27,29,33)/b28-10+/t15-/m0/s1. The highest BCUT2D eigenvalue weighted by Gasteiger charge is 2.33. The van der Waals surface area contributed by atoms with Crippen LogP contribution in [0.2, 0.25) is 0 Å². The van der Waals surface area contributed by atoms with Crippen molar-refractivity contribution in [2.24, 2.45) is 10.8 Å². The maximum absolute atomic E-state index is 14.7. The van der Waals surface area contributed by atoms with E-state index in [1.54, 1.807) is 24.1 Å². The van der Waals surface area contributed by atoms with E-state index in [2.05, 4.69) is 27.5 Å². The number of benzene rings is 2. The van der Waals surface area contributed by atoms with Crippen molar-refractivity contribution in [1.82, 2.24) is 10.3 Å². The van der Waals surface area contributed by atoms with Crippen LogP contribution in [0.15, 0.2) is 41.5 Å². The first kappa shape index (κ1) is 24.6. The van der Waals surface area contributed by atoms with E-state index in [4.69, 9.17) is 5.73 Å². The van der Waals surface area contributed by atoms with Crippen LogP contribution in [0.4, 0.5) is 27.6 Å². The van der Waals surface area contributed by atoms with Gasteiger partial charge < -0.3 is 15.4 Å². The van der Waals surface area contributed by atoms with Gasteiger partial charge in [-0.15, -0.1) is 13.2 Å². The fourth-order valence-corrected chi connectivity index (χ4v) is 3.69. The van der Waals surface area contributed by atoms with Crippen molar-refractivity contribution in [2.75, 3.05) is 25.0 Å². The Balaban J connectivity index is 1.68. The number of anilines is 1. The van der Waals surface area contributed by atoms with E-state index in [0.717, 1.165) is 18.3 Å². The lowest BCUT2D eigenvalue weighted by Gasteiger charge is -2.26. The fraction of sp³-hybridized carbons (Fsp3) is 0.333. The molecule has 2 aromatic carbocycles. The molecule has 0 aromatic heterocycles. The number of ether oxygens (including phenoxy) is 1. The summed E-state index contributed by atoms with van der Waals surface area (Å²) in [6.07, 6.45) is -3.09. The van der Waals surface area contributed by atoms with Crippen LogP contribution in [0.3, 0.4) is 0 Å². The van der Waals surface area contributed by atoms with Gasteiger partial charge in [0.15, 0.2) is 5.11 Å². The van der Waals surface area contributed by atoms with Crippen LogP contribution in [0.25, 0.3) is 0 Å². The van der Waals surface area contributed by atoms with Gasteiger partial charge in [0.05, 0.1) is 11.9 Å². The van der Waals surface area contributed by atoms with Gasteiger partial charge in [-0.3, -0.25) is 10.3 Å². The Bertz CT molecular complexity index is 1030. The maximum Gasteiger partial charge on any atom is 0.573 e. The van der Waals surface area contributed by atoms with Crippen LogP contribution in [-0.4, -0.2) is 48.8 Å². The van der Waals surface area contributed by atoms with E-state index >= 15 is 0 Å². The Morgan fingerprint density at radius 2 is 2.03 bits per heavy atom. The number of likely N-dealkylation sites (N-methyl/N-ethyl adjacent to an activating group) is 1. The molecule has 178 valence electrons. The van der Waals surface area contributed by atoms with Crippen molar-refractivity contribution in [3.05, 3.63) is 59.2 Å². The van der Waals surface area contributed by atoms with Crippen LogP contribution in [-0.2, 0) is 6.54 Å². The van der Waals surface area contributed by atoms with Crippen molar-refractivity contribution < 1.29 is 26.7 Å². The molecule has 0 aliphatic carbocycles. The predicted molar refractivity (Wildman–Crippen MR) is 119 cm³/mol. The van der Waals surface area contributed by atoms with Crippen LogP contribution >= 0.6 is 12.2 Å². The van der Waals surface area contributed by atoms with E-state index in [1.807, 2.05) is 4.90 Å². The lowest BCUT2D eigenvalue weighted by molar-refractivity contribution is -0.275. The second-order valence-corrected chi connectivity index (χ2v) is 7.96. The molecule has 1 heterocycles. The average molecular weight is 487 g/mol. The quantitative estimate of drug-likeness (QED) is 0.269. The van der Waals surface area contributed by atoms with Crippen LogP contribution < -0.4 is 20.8 Å². The number of nitrogens with two attached hydrogens (primary N) is 1. The second-order valence-electron chi connectivity index (χ2n) is 7.52. The smallest absolute Gasteiger partial charge is 0.405 e. The van der Waals surface area contributed by atoms with Gasteiger partial charge in [0.25, 0.3) is 0 Å². The Labute approximate surface area is 192 Å². The number of hydrazone groups is 1. The zero-order valence-electron chi connectivity index (χ0n) is 17.6. The number of para-hydroxylation sites is 1. The number of rotatable bonds is 7. The molecule has 1 saturated heterocycles. The summed E-state index contributed by atoms with van der Waals surface area (Å²) in [6.45, 7) is 1.04. The third kappa shape index (κ3) is 6.75. The van der Waals surface area contributed by atoms with Gasteiger partial charge in [-0.2, -0.15) is 5.10 Å². The minimum absolute atomic E-state index is 0.0749. The van der Waals surface area contributed by atoms with Gasteiger partial charge in [-0.05, 0) is 37.8 Å². The molecule has 0 saturated carbocycles. The largest absolute Gasteiger partial charge is 0.573 e. The number of thiocarbonyl (C=S) groups is 1. The molecule has 33 heavy (non-hydrogen) atoms. The monoisotopic (exact) mass is 487 g/mol. The van der Waals surface area contributed by atoms with E-state index < -0.39 is 18.0 Å². The highest BCUT2D eigenvalue weighted by atomic mass is 32.1. The predicted octanol–water partition coefficient (Wildman–Crippen LogP) is 3.74. The summed E-state index contributed by atoms with van der Waals surface area (Å²) < 4.78 is 71.2. The van der Waals surface area contributed by atoms with E-state index in [-0.39, 0.29) is 34.7 Å². The summed E-state index contributed by atoms with van der Waals surface area (Å²) in [5.74, 6) is -1.56. The lowest BCUT2D eigenvalue weighted by atomic mass is 10.1. The molecule has 0 spiro atoms. The molecule has 3 rings (SSSR count). The minimum Gasteiger partial charge on any atom is -0.405 e. The number of nitrogens with zero attached hydrogens (tertiary/aromatic N) is 3. The summed E-state index contributed by atoms with van der Waals surface area (Å²) in [5.41, 5.74) is 7.89.